The minimum Gasteiger partial charge on any atom is -0.458 e. The maximum Gasteiger partial charge on any atom is 0.271 e. The lowest BCUT2D eigenvalue weighted by atomic mass is 9.86. The molecular formula is C55H47N5O. The van der Waals surface area contributed by atoms with Crippen LogP contribution in [0.2, 0.25) is 0 Å². The van der Waals surface area contributed by atoms with E-state index >= 15 is 0 Å². The molecule has 6 aromatic carbocycles. The van der Waals surface area contributed by atoms with Gasteiger partial charge < -0.3 is 4.74 Å². The molecule has 0 aliphatic carbocycles. The number of ether oxygens (including phenoxy) is 1. The molecule has 10 aromatic rings. The summed E-state index contributed by atoms with van der Waals surface area (Å²) in [5, 5.41) is 2.11. The highest BCUT2D eigenvalue weighted by atomic mass is 16.5. The molecule has 4 aromatic heterocycles. The molecule has 0 atom stereocenters. The topological polar surface area (TPSA) is 48.8 Å². The number of aromatic nitrogens is 5. The number of benzene rings is 6. The van der Waals surface area contributed by atoms with Gasteiger partial charge in [0, 0.05) is 29.2 Å². The summed E-state index contributed by atoms with van der Waals surface area (Å²) >= 11 is 0. The van der Waals surface area contributed by atoms with Crippen LogP contribution in [0.5, 0.6) is 11.5 Å². The van der Waals surface area contributed by atoms with Crippen LogP contribution in [0, 0.1) is 6.33 Å². The van der Waals surface area contributed by atoms with E-state index in [4.69, 9.17) is 28.4 Å². The van der Waals surface area contributed by atoms with Crippen LogP contribution in [0.25, 0.3) is 72.4 Å². The first-order valence-electron chi connectivity index (χ1n) is 25.1. The second-order valence-electron chi connectivity index (χ2n) is 17.1. The molecule has 0 spiro atoms. The van der Waals surface area contributed by atoms with Crippen molar-refractivity contribution >= 4 is 33.0 Å². The summed E-state index contributed by atoms with van der Waals surface area (Å²) in [6.07, 6.45) is 6.92. The second-order valence-corrected chi connectivity index (χ2v) is 17.1. The zero-order valence-electron chi connectivity index (χ0n) is 44.6. The number of hydrogen-bond acceptors (Lipinski definition) is 3. The van der Waals surface area contributed by atoms with Crippen LogP contribution in [0.1, 0.15) is 66.4 Å². The Bertz CT molecular complexity index is 3700. The second kappa shape index (κ2) is 14.8. The van der Waals surface area contributed by atoms with Gasteiger partial charge in [0.2, 0.25) is 0 Å². The molecule has 0 amide bonds. The van der Waals surface area contributed by atoms with Gasteiger partial charge in [-0.3, -0.25) is 18.7 Å². The van der Waals surface area contributed by atoms with E-state index < -0.39 is 60.4 Å². The Morgan fingerprint density at radius 1 is 0.590 bits per heavy atom. The molecule has 0 bridgehead atoms. The molecule has 0 aliphatic rings. The van der Waals surface area contributed by atoms with E-state index in [0.29, 0.717) is 28.4 Å². The van der Waals surface area contributed by atoms with E-state index in [2.05, 4.69) is 76.7 Å². The van der Waals surface area contributed by atoms with Gasteiger partial charge in [-0.2, -0.15) is 0 Å². The van der Waals surface area contributed by atoms with Crippen molar-refractivity contribution in [3.05, 3.63) is 193 Å². The van der Waals surface area contributed by atoms with Gasteiger partial charge >= 0.3 is 0 Å². The van der Waals surface area contributed by atoms with Crippen molar-refractivity contribution in [2.75, 3.05) is 0 Å². The lowest BCUT2D eigenvalue weighted by molar-refractivity contribution is -0.571. The van der Waals surface area contributed by atoms with E-state index in [0.717, 1.165) is 38.8 Å². The highest BCUT2D eigenvalue weighted by molar-refractivity contribution is 6.09. The van der Waals surface area contributed by atoms with Crippen LogP contribution in [0.4, 0.5) is 0 Å². The van der Waals surface area contributed by atoms with Gasteiger partial charge in [0.05, 0.1) is 36.1 Å². The van der Waals surface area contributed by atoms with Gasteiger partial charge in [-0.05, 0) is 105 Å². The number of hydrogen-bond donors (Lipinski definition) is 0. The Kier molecular flexibility index (Phi) is 6.82. The summed E-state index contributed by atoms with van der Waals surface area (Å²) in [6.45, 7) is 12.8. The van der Waals surface area contributed by atoms with Crippen LogP contribution in [-0.4, -0.2) is 19.1 Å². The molecule has 0 radical (unpaired) electrons. The molecule has 298 valence electrons. The summed E-state index contributed by atoms with van der Waals surface area (Å²) in [5.74, 6) is 1.88. The highest BCUT2D eigenvalue weighted by Crippen LogP contribution is 2.39. The largest absolute Gasteiger partial charge is 0.458 e. The van der Waals surface area contributed by atoms with Gasteiger partial charge in [-0.1, -0.05) is 138 Å². The van der Waals surface area contributed by atoms with Gasteiger partial charge in [-0.15, -0.1) is 0 Å². The smallest absolute Gasteiger partial charge is 0.271 e. The Balaban J connectivity index is 1.20. The standard InChI is InChI=1S/C55H47N5O/c1-54(2,3)39-28-30-56-51(33-39)60-48-24-14-13-21-46(48)47-27-26-42(35-50(47)60)61-43-32-40(55(4,5)6)31-41(34-43)58-36-59(49-25-16-29-57-53(49)58)52-44(37-17-9-7-10-18-37)22-15-23-45(52)38-19-11-8-12-20-38/h7-35H,1-6H3/i7D,8D,9D,10D,11D,12D,17D,18D,19D,20D. The molecule has 4 heterocycles. The number of imidazole rings is 1. The fourth-order valence-corrected chi connectivity index (χ4v) is 7.85. The Morgan fingerprint density at radius 3 is 1.98 bits per heavy atom. The van der Waals surface area contributed by atoms with Gasteiger partial charge in [0.1, 0.15) is 22.8 Å². The SMILES string of the molecule is [2H]c1c([2H])c([2H])c(-c2cccc(-c3c([2H])c([2H])c([2H])c([2H])c3[2H])c2-[n+]2[c-]n(-c3cc(Oc4ccc5c6ccccc6n(-c6cc(C(C)(C)C)ccn6)c5c4)cc(C(C)(C)C)c3)c3ncccc32)c([2H])c1[2H]. The molecule has 6 nitrogen and oxygen atoms in total. The summed E-state index contributed by atoms with van der Waals surface area (Å²) in [4.78, 5) is 9.67. The van der Waals surface area contributed by atoms with Crippen LogP contribution in [-0.2, 0) is 10.8 Å². The number of para-hydroxylation sites is 2. The summed E-state index contributed by atoms with van der Waals surface area (Å²) in [7, 11) is 0. The van der Waals surface area contributed by atoms with E-state index in [1.807, 2.05) is 54.7 Å². The monoisotopic (exact) mass is 803 g/mol. The summed E-state index contributed by atoms with van der Waals surface area (Å²) < 4.78 is 99.7. The molecule has 0 saturated heterocycles. The first-order chi connectivity index (χ1) is 33.6. The lowest BCUT2D eigenvalue weighted by Gasteiger charge is -2.22. The predicted molar refractivity (Wildman–Crippen MR) is 248 cm³/mol. The third kappa shape index (κ3) is 6.94. The van der Waals surface area contributed by atoms with E-state index in [9.17, 15) is 0 Å². The summed E-state index contributed by atoms with van der Waals surface area (Å²) in [5.41, 5.74) is 5.08. The minimum absolute atomic E-state index is 0.0991. The van der Waals surface area contributed by atoms with Crippen LogP contribution >= 0.6 is 0 Å². The van der Waals surface area contributed by atoms with Crippen molar-refractivity contribution in [2.45, 2.75) is 52.4 Å². The van der Waals surface area contributed by atoms with Crippen molar-refractivity contribution in [3.63, 3.8) is 0 Å². The molecule has 61 heavy (non-hydrogen) atoms. The van der Waals surface area contributed by atoms with E-state index in [1.54, 1.807) is 45.7 Å². The number of rotatable bonds is 7. The van der Waals surface area contributed by atoms with Crippen molar-refractivity contribution in [1.82, 2.24) is 19.1 Å². The summed E-state index contributed by atoms with van der Waals surface area (Å²) in [6, 6.07) is 27.3. The van der Waals surface area contributed by atoms with E-state index in [-0.39, 0.29) is 38.8 Å². The molecule has 0 aliphatic heterocycles. The third-order valence-corrected chi connectivity index (χ3v) is 11.0. The Labute approximate surface area is 371 Å². The molecule has 0 unspecified atom stereocenters. The molecular weight excluding hydrogens is 747 g/mol. The lowest BCUT2D eigenvalue weighted by Crippen LogP contribution is -2.31. The highest BCUT2D eigenvalue weighted by Gasteiger charge is 2.23. The van der Waals surface area contributed by atoms with E-state index in [1.165, 1.54) is 0 Å². The third-order valence-electron chi connectivity index (χ3n) is 11.0. The fourth-order valence-electron chi connectivity index (χ4n) is 7.85. The van der Waals surface area contributed by atoms with Crippen molar-refractivity contribution in [1.29, 1.82) is 0 Å². The zero-order valence-corrected chi connectivity index (χ0v) is 34.6. The fraction of sp³-hybridized carbons (Fsp3) is 0.145. The van der Waals surface area contributed by atoms with Gasteiger partial charge in [-0.25, -0.2) is 4.98 Å². The first-order valence-corrected chi connectivity index (χ1v) is 20.1. The Hall–Kier alpha value is -7.31. The number of fused-ring (bicyclic) bond motifs is 4. The Morgan fingerprint density at radius 2 is 1.28 bits per heavy atom. The maximum atomic E-state index is 9.06. The molecule has 0 N–H and O–H groups in total. The quantitative estimate of drug-likeness (QED) is 0.119. The first kappa shape index (κ1) is 28.2. The van der Waals surface area contributed by atoms with Crippen LogP contribution in [0.3, 0.4) is 0 Å². The number of nitrogens with zero attached hydrogens (tertiary/aromatic N) is 5. The maximum absolute atomic E-state index is 9.06. The van der Waals surface area contributed by atoms with Gasteiger partial charge in [0.15, 0.2) is 5.65 Å². The molecule has 0 fully saturated rings. The van der Waals surface area contributed by atoms with Crippen molar-refractivity contribution in [3.8, 4) is 50.9 Å². The average molecular weight is 804 g/mol. The minimum atomic E-state index is -0.575. The van der Waals surface area contributed by atoms with Gasteiger partial charge in [0.25, 0.3) is 6.33 Å². The van der Waals surface area contributed by atoms with Crippen molar-refractivity contribution < 1.29 is 23.0 Å². The number of pyridine rings is 2. The van der Waals surface area contributed by atoms with Crippen LogP contribution in [0.15, 0.2) is 176 Å². The van der Waals surface area contributed by atoms with Crippen molar-refractivity contribution in [2.24, 2.45) is 0 Å². The van der Waals surface area contributed by atoms with Crippen LogP contribution < -0.4 is 9.30 Å². The zero-order chi connectivity index (χ0) is 50.6. The molecule has 6 heteroatoms. The predicted octanol–water partition coefficient (Wildman–Crippen LogP) is 13.3. The normalized spacial score (nSPS) is 14.4. The molecule has 10 rings (SSSR count). The average Bonchev–Trinajstić information content (AvgIpc) is 3.89. The molecule has 0 saturated carbocycles.